The first kappa shape index (κ1) is 22.3. The van der Waals surface area contributed by atoms with Gasteiger partial charge in [-0.2, -0.15) is 10.5 Å². The molecule has 0 bridgehead atoms. The highest BCUT2D eigenvalue weighted by atomic mass is 16.5. The maximum absolute atomic E-state index is 12.5. The molecule has 2 atom stereocenters. The highest BCUT2D eigenvalue weighted by molar-refractivity contribution is 5.82. The van der Waals surface area contributed by atoms with Crippen molar-refractivity contribution in [2.45, 2.75) is 25.0 Å². The monoisotopic (exact) mass is 445 g/mol. The average Bonchev–Trinajstić information content (AvgIpc) is 3.01. The van der Waals surface area contributed by atoms with Crippen LogP contribution >= 0.6 is 0 Å². The molecule has 2 aromatic carbocycles. The van der Waals surface area contributed by atoms with Gasteiger partial charge in [-0.15, -0.1) is 0 Å². The highest BCUT2D eigenvalue weighted by Crippen LogP contribution is 2.26. The Morgan fingerprint density at radius 2 is 2.06 bits per heavy atom. The van der Waals surface area contributed by atoms with Gasteiger partial charge in [0.2, 0.25) is 0 Å². The molecule has 9 nitrogen and oxygen atoms in total. The number of rotatable bonds is 5. The summed E-state index contributed by atoms with van der Waals surface area (Å²) in [7, 11) is 1.63. The van der Waals surface area contributed by atoms with Crippen molar-refractivity contribution < 1.29 is 13.9 Å². The molecule has 33 heavy (non-hydrogen) atoms. The van der Waals surface area contributed by atoms with Crippen LogP contribution in [0.3, 0.4) is 0 Å². The zero-order valence-corrected chi connectivity index (χ0v) is 18.1. The smallest absolute Gasteiger partial charge is 0.408 e. The number of hydrogen-bond donors (Lipinski definition) is 2. The minimum atomic E-state index is -0.792. The topological polar surface area (TPSA) is 133 Å². The number of nitrogens with one attached hydrogen (secondary N) is 2. The van der Waals surface area contributed by atoms with E-state index in [0.717, 1.165) is 24.1 Å². The Morgan fingerprint density at radius 3 is 2.85 bits per heavy atom. The van der Waals surface area contributed by atoms with Crippen LogP contribution in [0.5, 0.6) is 0 Å². The minimum absolute atomic E-state index is 0.195. The Kier molecular flexibility index (Phi) is 6.55. The number of aromatic nitrogens is 1. The molecule has 1 aromatic heterocycles. The van der Waals surface area contributed by atoms with Gasteiger partial charge < -0.3 is 19.8 Å². The molecule has 0 aliphatic carbocycles. The van der Waals surface area contributed by atoms with Gasteiger partial charge in [0.15, 0.2) is 5.58 Å². The molecule has 2 unspecified atom stereocenters. The number of oxazole rings is 1. The summed E-state index contributed by atoms with van der Waals surface area (Å²) in [5, 5.41) is 25.1. The van der Waals surface area contributed by atoms with Crippen molar-refractivity contribution in [3.05, 3.63) is 58.1 Å². The third-order valence-electron chi connectivity index (χ3n) is 5.69. The van der Waals surface area contributed by atoms with Crippen molar-refractivity contribution in [1.29, 1.82) is 10.5 Å². The standard InChI is InChI=1S/C24H23N5O4/c1-29-20-11-17(5-6-21(20)33-24(29)31)15-3-4-16(18(9-15)12-25)10-19(13-26)28-23(30)22-14-27-7-2-8-32-22/h3-6,9,11,19,22,27H,2,7-8,10,14H2,1H3,(H,28,30). The molecule has 168 valence electrons. The first-order chi connectivity index (χ1) is 16.0. The summed E-state index contributed by atoms with van der Waals surface area (Å²) < 4.78 is 12.1. The quantitative estimate of drug-likeness (QED) is 0.609. The van der Waals surface area contributed by atoms with Gasteiger partial charge in [0.1, 0.15) is 12.1 Å². The fourth-order valence-corrected chi connectivity index (χ4v) is 3.84. The van der Waals surface area contributed by atoms with Gasteiger partial charge in [0, 0.05) is 26.6 Å². The van der Waals surface area contributed by atoms with Crippen LogP contribution in [0.2, 0.25) is 0 Å². The molecular weight excluding hydrogens is 422 g/mol. The highest BCUT2D eigenvalue weighted by Gasteiger charge is 2.24. The summed E-state index contributed by atoms with van der Waals surface area (Å²) in [6, 6.07) is 14.2. The Labute approximate surface area is 190 Å². The Bertz CT molecular complexity index is 1320. The third-order valence-corrected chi connectivity index (χ3v) is 5.69. The molecule has 3 aromatic rings. The molecule has 2 heterocycles. The summed E-state index contributed by atoms with van der Waals surface area (Å²) in [4.78, 5) is 24.3. The molecule has 1 amide bonds. The molecule has 4 rings (SSSR count). The molecule has 1 aliphatic heterocycles. The number of ether oxygens (including phenoxy) is 1. The summed E-state index contributed by atoms with van der Waals surface area (Å²) in [5.74, 6) is -0.782. The van der Waals surface area contributed by atoms with E-state index < -0.39 is 17.9 Å². The first-order valence-corrected chi connectivity index (χ1v) is 10.7. The van der Waals surface area contributed by atoms with Crippen LogP contribution < -0.4 is 16.4 Å². The lowest BCUT2D eigenvalue weighted by Gasteiger charge is -2.18. The van der Waals surface area contributed by atoms with Crippen LogP contribution in [-0.2, 0) is 23.0 Å². The molecule has 0 saturated carbocycles. The van der Waals surface area contributed by atoms with Gasteiger partial charge >= 0.3 is 5.76 Å². The largest absolute Gasteiger partial charge is 0.419 e. The molecule has 1 aliphatic rings. The number of fused-ring (bicyclic) bond motifs is 1. The molecule has 0 spiro atoms. The van der Waals surface area contributed by atoms with Crippen LogP contribution in [0.25, 0.3) is 22.2 Å². The lowest BCUT2D eigenvalue weighted by Crippen LogP contribution is -2.46. The molecule has 1 saturated heterocycles. The molecule has 2 N–H and O–H groups in total. The van der Waals surface area contributed by atoms with Crippen LogP contribution in [0, 0.1) is 22.7 Å². The normalized spacial score (nSPS) is 17.0. The van der Waals surface area contributed by atoms with Crippen molar-refractivity contribution >= 4 is 17.0 Å². The van der Waals surface area contributed by atoms with E-state index in [1.807, 2.05) is 18.2 Å². The Hall–Kier alpha value is -3.92. The van der Waals surface area contributed by atoms with Crippen molar-refractivity contribution in [3.63, 3.8) is 0 Å². The van der Waals surface area contributed by atoms with E-state index in [9.17, 15) is 20.1 Å². The Balaban J connectivity index is 1.53. The maximum Gasteiger partial charge on any atom is 0.419 e. The summed E-state index contributed by atoms with van der Waals surface area (Å²) in [6.07, 6.45) is 0.378. The van der Waals surface area contributed by atoms with Crippen LogP contribution in [0.1, 0.15) is 17.5 Å². The SMILES string of the molecule is Cn1c(=O)oc2ccc(-c3ccc(CC(C#N)NC(=O)C4CNCCCO4)c(C#N)c3)cc21. The van der Waals surface area contributed by atoms with E-state index in [1.165, 1.54) is 4.57 Å². The van der Waals surface area contributed by atoms with Gasteiger partial charge in [0.25, 0.3) is 5.91 Å². The van der Waals surface area contributed by atoms with Crippen LogP contribution in [0.4, 0.5) is 0 Å². The zero-order chi connectivity index (χ0) is 23.4. The van der Waals surface area contributed by atoms with Gasteiger partial charge in [-0.05, 0) is 47.9 Å². The van der Waals surface area contributed by atoms with E-state index in [-0.39, 0.29) is 12.3 Å². The molecule has 9 heteroatoms. The van der Waals surface area contributed by atoms with Gasteiger partial charge in [-0.1, -0.05) is 18.2 Å². The van der Waals surface area contributed by atoms with E-state index in [1.54, 1.807) is 25.2 Å². The number of nitrogens with zero attached hydrogens (tertiary/aromatic N) is 3. The first-order valence-electron chi connectivity index (χ1n) is 10.7. The summed E-state index contributed by atoms with van der Waals surface area (Å²) in [5.41, 5.74) is 3.83. The number of benzene rings is 2. The summed E-state index contributed by atoms with van der Waals surface area (Å²) >= 11 is 0. The fourth-order valence-electron chi connectivity index (χ4n) is 3.84. The van der Waals surface area contributed by atoms with Crippen LogP contribution in [0.15, 0.2) is 45.6 Å². The molecular formula is C24H23N5O4. The van der Waals surface area contributed by atoms with E-state index >= 15 is 0 Å². The number of hydrogen-bond acceptors (Lipinski definition) is 7. The van der Waals surface area contributed by atoms with Crippen LogP contribution in [-0.4, -0.2) is 42.3 Å². The predicted molar refractivity (Wildman–Crippen MR) is 120 cm³/mol. The predicted octanol–water partition coefficient (Wildman–Crippen LogP) is 1.60. The minimum Gasteiger partial charge on any atom is -0.408 e. The van der Waals surface area contributed by atoms with Gasteiger partial charge in [0.05, 0.1) is 23.2 Å². The van der Waals surface area contributed by atoms with E-state index in [4.69, 9.17) is 9.15 Å². The third kappa shape index (κ3) is 4.80. The van der Waals surface area contributed by atoms with Crippen molar-refractivity contribution in [2.24, 2.45) is 7.05 Å². The van der Waals surface area contributed by atoms with Crippen molar-refractivity contribution in [2.75, 3.05) is 19.7 Å². The van der Waals surface area contributed by atoms with E-state index in [2.05, 4.69) is 22.8 Å². The lowest BCUT2D eigenvalue weighted by molar-refractivity contribution is -0.132. The molecule has 1 fully saturated rings. The molecule has 0 radical (unpaired) electrons. The number of carbonyl (C=O) groups excluding carboxylic acids is 1. The van der Waals surface area contributed by atoms with Gasteiger partial charge in [-0.3, -0.25) is 9.36 Å². The number of aryl methyl sites for hydroxylation is 1. The second-order valence-corrected chi connectivity index (χ2v) is 7.90. The summed E-state index contributed by atoms with van der Waals surface area (Å²) in [6.45, 7) is 1.67. The maximum atomic E-state index is 12.5. The average molecular weight is 445 g/mol. The number of nitriles is 2. The van der Waals surface area contributed by atoms with Crippen molar-refractivity contribution in [3.8, 4) is 23.3 Å². The number of amides is 1. The zero-order valence-electron chi connectivity index (χ0n) is 18.1. The van der Waals surface area contributed by atoms with E-state index in [0.29, 0.717) is 35.4 Å². The second kappa shape index (κ2) is 9.70. The van der Waals surface area contributed by atoms with Crippen molar-refractivity contribution in [1.82, 2.24) is 15.2 Å². The fraction of sp³-hybridized carbons (Fsp3) is 0.333. The number of carbonyl (C=O) groups is 1. The Morgan fingerprint density at radius 1 is 1.27 bits per heavy atom. The lowest BCUT2D eigenvalue weighted by atomic mass is 9.96. The van der Waals surface area contributed by atoms with Gasteiger partial charge in [-0.25, -0.2) is 4.79 Å². The second-order valence-electron chi connectivity index (χ2n) is 7.90.